The quantitative estimate of drug-likeness (QED) is 0.864. The molecule has 1 aromatic carbocycles. The normalized spacial score (nSPS) is 21.9. The van der Waals surface area contributed by atoms with Crippen LogP contribution in [0, 0.1) is 0 Å². The van der Waals surface area contributed by atoms with Gasteiger partial charge in [-0.1, -0.05) is 6.07 Å². The number of benzene rings is 1. The molecule has 0 bridgehead atoms. The standard InChI is InChI=1S/C18H27N3O3S/c1-15(20-9-2-3-10-20)14-19-18(22)16-7-6-8-17(13-16)21-11-4-5-12-25(21,23)24/h6-8,13,15H,2-5,9-12,14H2,1H3,(H,19,22). The van der Waals surface area contributed by atoms with Gasteiger partial charge in [-0.15, -0.1) is 0 Å². The number of carbonyl (C=O) groups is 1. The van der Waals surface area contributed by atoms with Crippen LogP contribution in [0.15, 0.2) is 24.3 Å². The molecule has 1 atom stereocenters. The lowest BCUT2D eigenvalue weighted by Crippen LogP contribution is -2.41. The number of nitrogens with one attached hydrogen (secondary N) is 1. The minimum absolute atomic E-state index is 0.151. The summed E-state index contributed by atoms with van der Waals surface area (Å²) in [5.74, 6) is 0.0267. The molecular formula is C18H27N3O3S. The predicted molar refractivity (Wildman–Crippen MR) is 99.4 cm³/mol. The molecule has 6 nitrogen and oxygen atoms in total. The SMILES string of the molecule is CC(CNC(=O)c1cccc(N2CCCCS2(=O)=O)c1)N1CCCC1. The third-order valence-corrected chi connectivity index (χ3v) is 6.94. The molecule has 2 saturated heterocycles. The first-order chi connectivity index (χ1) is 12.0. The largest absolute Gasteiger partial charge is 0.350 e. The van der Waals surface area contributed by atoms with Gasteiger partial charge in [0.1, 0.15) is 0 Å². The van der Waals surface area contributed by atoms with Gasteiger partial charge in [-0.2, -0.15) is 0 Å². The predicted octanol–water partition coefficient (Wildman–Crippen LogP) is 1.83. The fourth-order valence-electron chi connectivity index (χ4n) is 3.54. The van der Waals surface area contributed by atoms with Crippen molar-refractivity contribution in [3.05, 3.63) is 29.8 Å². The molecule has 0 aromatic heterocycles. The molecule has 2 fully saturated rings. The van der Waals surface area contributed by atoms with Crippen molar-refractivity contribution < 1.29 is 13.2 Å². The van der Waals surface area contributed by atoms with Gasteiger partial charge >= 0.3 is 0 Å². The van der Waals surface area contributed by atoms with Crippen molar-refractivity contribution in [1.29, 1.82) is 0 Å². The highest BCUT2D eigenvalue weighted by molar-refractivity contribution is 7.92. The molecule has 2 aliphatic rings. The second kappa shape index (κ2) is 7.74. The monoisotopic (exact) mass is 365 g/mol. The minimum atomic E-state index is -3.26. The van der Waals surface area contributed by atoms with Gasteiger partial charge < -0.3 is 5.32 Å². The highest BCUT2D eigenvalue weighted by Crippen LogP contribution is 2.24. The molecule has 7 heteroatoms. The van der Waals surface area contributed by atoms with E-state index in [0.717, 1.165) is 19.5 Å². The minimum Gasteiger partial charge on any atom is -0.350 e. The van der Waals surface area contributed by atoms with Crippen LogP contribution in [0.4, 0.5) is 5.69 Å². The van der Waals surface area contributed by atoms with Crippen molar-refractivity contribution >= 4 is 21.6 Å². The molecule has 0 spiro atoms. The Hall–Kier alpha value is -1.60. The average molecular weight is 365 g/mol. The Morgan fingerprint density at radius 1 is 1.16 bits per heavy atom. The number of hydrogen-bond donors (Lipinski definition) is 1. The van der Waals surface area contributed by atoms with Gasteiger partial charge in [-0.3, -0.25) is 14.0 Å². The maximum absolute atomic E-state index is 12.5. The van der Waals surface area contributed by atoms with Crippen LogP contribution < -0.4 is 9.62 Å². The molecule has 2 aliphatic heterocycles. The van der Waals surface area contributed by atoms with E-state index in [1.807, 2.05) is 0 Å². The van der Waals surface area contributed by atoms with Crippen molar-refractivity contribution in [1.82, 2.24) is 10.2 Å². The van der Waals surface area contributed by atoms with Crippen LogP contribution in [0.3, 0.4) is 0 Å². The molecule has 1 aromatic rings. The molecule has 2 heterocycles. The Bertz CT molecular complexity index is 714. The summed E-state index contributed by atoms with van der Waals surface area (Å²) in [6.07, 6.45) is 4.01. The number of hydrogen-bond acceptors (Lipinski definition) is 4. The van der Waals surface area contributed by atoms with Gasteiger partial charge in [0.15, 0.2) is 0 Å². The first-order valence-corrected chi connectivity index (χ1v) is 10.7. The van der Waals surface area contributed by atoms with Crippen LogP contribution in [-0.4, -0.2) is 57.2 Å². The van der Waals surface area contributed by atoms with Crippen LogP contribution in [0.5, 0.6) is 0 Å². The van der Waals surface area contributed by atoms with Gasteiger partial charge in [0.25, 0.3) is 5.91 Å². The van der Waals surface area contributed by atoms with E-state index < -0.39 is 10.0 Å². The first kappa shape index (κ1) is 18.2. The number of nitrogens with zero attached hydrogens (tertiary/aromatic N) is 2. The molecule has 1 N–H and O–H groups in total. The van der Waals surface area contributed by atoms with Gasteiger partial charge in [-0.25, -0.2) is 8.42 Å². The van der Waals surface area contributed by atoms with Crippen LogP contribution in [-0.2, 0) is 10.0 Å². The average Bonchev–Trinajstić information content (AvgIpc) is 3.14. The molecule has 3 rings (SSSR count). The van der Waals surface area contributed by atoms with Crippen molar-refractivity contribution in [2.24, 2.45) is 0 Å². The first-order valence-electron chi connectivity index (χ1n) is 9.10. The summed E-state index contributed by atoms with van der Waals surface area (Å²) in [5.41, 5.74) is 1.09. The zero-order chi connectivity index (χ0) is 17.9. The molecular weight excluding hydrogens is 338 g/mol. The zero-order valence-electron chi connectivity index (χ0n) is 14.8. The number of rotatable bonds is 5. The van der Waals surface area contributed by atoms with E-state index in [-0.39, 0.29) is 11.7 Å². The maximum Gasteiger partial charge on any atom is 0.251 e. The van der Waals surface area contributed by atoms with Gasteiger partial charge in [0.05, 0.1) is 11.4 Å². The molecule has 0 aliphatic carbocycles. The third-order valence-electron chi connectivity index (χ3n) is 5.07. The van der Waals surface area contributed by atoms with Crippen LogP contribution >= 0.6 is 0 Å². The van der Waals surface area contributed by atoms with Crippen LogP contribution in [0.25, 0.3) is 0 Å². The zero-order valence-corrected chi connectivity index (χ0v) is 15.6. The Kier molecular flexibility index (Phi) is 5.64. The molecule has 25 heavy (non-hydrogen) atoms. The van der Waals surface area contributed by atoms with E-state index in [9.17, 15) is 13.2 Å². The molecule has 138 valence electrons. The van der Waals surface area contributed by atoms with E-state index in [1.54, 1.807) is 24.3 Å². The fourth-order valence-corrected chi connectivity index (χ4v) is 5.17. The third kappa shape index (κ3) is 4.33. The van der Waals surface area contributed by atoms with Crippen molar-refractivity contribution in [2.75, 3.05) is 36.2 Å². The smallest absolute Gasteiger partial charge is 0.251 e. The Morgan fingerprint density at radius 2 is 1.88 bits per heavy atom. The maximum atomic E-state index is 12.5. The summed E-state index contributed by atoms with van der Waals surface area (Å²) in [5, 5.41) is 2.98. The van der Waals surface area contributed by atoms with E-state index in [0.29, 0.717) is 36.8 Å². The summed E-state index contributed by atoms with van der Waals surface area (Å²) >= 11 is 0. The van der Waals surface area contributed by atoms with Gasteiger partial charge in [0.2, 0.25) is 10.0 Å². The number of amides is 1. The fraction of sp³-hybridized carbons (Fsp3) is 0.611. The lowest BCUT2D eigenvalue weighted by atomic mass is 10.1. The highest BCUT2D eigenvalue weighted by Gasteiger charge is 2.26. The van der Waals surface area contributed by atoms with Crippen molar-refractivity contribution in [3.8, 4) is 0 Å². The van der Waals surface area contributed by atoms with Gasteiger partial charge in [-0.05, 0) is 63.9 Å². The molecule has 0 saturated carbocycles. The second-order valence-electron chi connectivity index (χ2n) is 6.95. The molecule has 0 radical (unpaired) electrons. The topological polar surface area (TPSA) is 69.7 Å². The number of carbonyl (C=O) groups excluding carboxylic acids is 1. The van der Waals surface area contributed by atoms with Crippen molar-refractivity contribution in [3.63, 3.8) is 0 Å². The summed E-state index contributed by atoms with van der Waals surface area (Å²) in [4.78, 5) is 14.8. The van der Waals surface area contributed by atoms with Crippen LogP contribution in [0.1, 0.15) is 43.0 Å². The van der Waals surface area contributed by atoms with E-state index in [1.165, 1.54) is 17.1 Å². The Labute approximate surface area is 150 Å². The summed E-state index contributed by atoms with van der Waals surface area (Å²) in [7, 11) is -3.26. The van der Waals surface area contributed by atoms with E-state index in [4.69, 9.17) is 0 Å². The van der Waals surface area contributed by atoms with E-state index >= 15 is 0 Å². The molecule has 1 unspecified atom stereocenters. The Morgan fingerprint density at radius 3 is 2.60 bits per heavy atom. The lowest BCUT2D eigenvalue weighted by molar-refractivity contribution is 0.0940. The Balaban J connectivity index is 1.65. The second-order valence-corrected chi connectivity index (χ2v) is 8.96. The highest BCUT2D eigenvalue weighted by atomic mass is 32.2. The van der Waals surface area contributed by atoms with Crippen LogP contribution in [0.2, 0.25) is 0 Å². The summed E-state index contributed by atoms with van der Waals surface area (Å²) in [6.45, 7) is 5.41. The summed E-state index contributed by atoms with van der Waals surface area (Å²) in [6, 6.07) is 7.23. The number of sulfonamides is 1. The number of likely N-dealkylation sites (tertiary alicyclic amines) is 1. The van der Waals surface area contributed by atoms with Gasteiger partial charge in [0, 0.05) is 24.7 Å². The van der Waals surface area contributed by atoms with Crippen molar-refractivity contribution in [2.45, 2.75) is 38.6 Å². The molecule has 1 amide bonds. The lowest BCUT2D eigenvalue weighted by Gasteiger charge is -2.28. The van der Waals surface area contributed by atoms with E-state index in [2.05, 4.69) is 17.1 Å². The summed E-state index contributed by atoms with van der Waals surface area (Å²) < 4.78 is 25.9. The number of anilines is 1.